The summed E-state index contributed by atoms with van der Waals surface area (Å²) >= 11 is 0. The first-order chi connectivity index (χ1) is 19.6. The summed E-state index contributed by atoms with van der Waals surface area (Å²) in [6.07, 6.45) is 2.42. The predicted octanol–water partition coefficient (Wildman–Crippen LogP) is 9.68. The fourth-order valence-electron chi connectivity index (χ4n) is 7.34. The molecule has 43 heavy (non-hydrogen) atoms. The maximum absolute atomic E-state index is 6.68. The standard InChI is InChI=1S/C39H52BNO2/c1-34(2,3)24-14-16-25(17-15-24)41-33-23-29-27(21-32(33)40-42-38(10,11)39(12,13)43-40)26-20-30-31(22-28(26)37(29,8)9)36(6,7)19-18-35(30,4)5/h14-17,20-23,41H,18-19H2,1-13H3. The summed E-state index contributed by atoms with van der Waals surface area (Å²) in [6, 6.07) is 18.7. The first-order valence-electron chi connectivity index (χ1n) is 16.3. The summed E-state index contributed by atoms with van der Waals surface area (Å²) in [4.78, 5) is 0. The molecule has 0 radical (unpaired) electrons. The zero-order chi connectivity index (χ0) is 31.5. The maximum Gasteiger partial charge on any atom is 0.497 e. The lowest BCUT2D eigenvalue weighted by Gasteiger charge is -2.42. The second kappa shape index (κ2) is 9.24. The molecular formula is C39H52BNO2. The zero-order valence-electron chi connectivity index (χ0n) is 28.9. The molecule has 0 spiro atoms. The average molecular weight is 578 g/mol. The quantitative estimate of drug-likeness (QED) is 0.315. The summed E-state index contributed by atoms with van der Waals surface area (Å²) in [5, 5.41) is 3.80. The van der Waals surface area contributed by atoms with Crippen LogP contribution in [0.1, 0.15) is 131 Å². The van der Waals surface area contributed by atoms with Crippen LogP contribution in [0.5, 0.6) is 0 Å². The third kappa shape index (κ3) is 4.79. The highest BCUT2D eigenvalue weighted by Crippen LogP contribution is 2.55. The van der Waals surface area contributed by atoms with E-state index in [1.807, 2.05) is 0 Å². The van der Waals surface area contributed by atoms with Crippen LogP contribution in [-0.2, 0) is 31.0 Å². The Balaban J connectivity index is 1.53. The third-order valence-electron chi connectivity index (χ3n) is 11.4. The van der Waals surface area contributed by atoms with Crippen LogP contribution in [-0.4, -0.2) is 18.3 Å². The van der Waals surface area contributed by atoms with Gasteiger partial charge in [0.25, 0.3) is 0 Å². The molecule has 0 unspecified atom stereocenters. The van der Waals surface area contributed by atoms with Gasteiger partial charge in [0.15, 0.2) is 0 Å². The number of benzene rings is 3. The minimum Gasteiger partial charge on any atom is -0.399 e. The van der Waals surface area contributed by atoms with Gasteiger partial charge in [0, 0.05) is 22.3 Å². The van der Waals surface area contributed by atoms with Crippen LogP contribution in [0, 0.1) is 0 Å². The van der Waals surface area contributed by atoms with Gasteiger partial charge in [-0.05, 0) is 120 Å². The van der Waals surface area contributed by atoms with Crippen molar-refractivity contribution in [2.45, 2.75) is 136 Å². The molecule has 6 rings (SSSR count). The van der Waals surface area contributed by atoms with Crippen molar-refractivity contribution in [2.75, 3.05) is 5.32 Å². The minimum atomic E-state index is -0.466. The summed E-state index contributed by atoms with van der Waals surface area (Å²) in [5.41, 5.74) is 12.4. The predicted molar refractivity (Wildman–Crippen MR) is 183 cm³/mol. The summed E-state index contributed by atoms with van der Waals surface area (Å²) in [6.45, 7) is 29.8. The molecule has 4 heteroatoms. The van der Waals surface area contributed by atoms with Crippen LogP contribution in [0.2, 0.25) is 0 Å². The number of hydrogen-bond donors (Lipinski definition) is 1. The molecule has 3 aromatic carbocycles. The Labute approximate surface area is 261 Å². The lowest BCUT2D eigenvalue weighted by molar-refractivity contribution is 0.00578. The lowest BCUT2D eigenvalue weighted by atomic mass is 9.62. The molecule has 0 atom stereocenters. The van der Waals surface area contributed by atoms with Gasteiger partial charge in [-0.15, -0.1) is 0 Å². The van der Waals surface area contributed by atoms with Crippen molar-refractivity contribution in [1.29, 1.82) is 0 Å². The molecule has 0 aromatic heterocycles. The zero-order valence-corrected chi connectivity index (χ0v) is 28.9. The Hall–Kier alpha value is -2.56. The van der Waals surface area contributed by atoms with Crippen molar-refractivity contribution in [3.8, 4) is 11.1 Å². The Morgan fingerprint density at radius 3 is 1.65 bits per heavy atom. The first kappa shape index (κ1) is 30.5. The monoisotopic (exact) mass is 577 g/mol. The Bertz CT molecular complexity index is 1590. The Morgan fingerprint density at radius 1 is 0.628 bits per heavy atom. The van der Waals surface area contributed by atoms with E-state index in [4.69, 9.17) is 9.31 Å². The SMILES string of the molecule is CC(C)(C)c1ccc(Nc2cc3c(cc2B2OC(C)(C)C(C)(C)O2)-c2cc4c(cc2C3(C)C)C(C)(C)CCC4(C)C)cc1. The molecule has 1 aliphatic heterocycles. The van der Waals surface area contributed by atoms with E-state index < -0.39 is 18.3 Å². The van der Waals surface area contributed by atoms with Gasteiger partial charge in [-0.2, -0.15) is 0 Å². The molecular weight excluding hydrogens is 525 g/mol. The molecule has 0 amide bonds. The van der Waals surface area contributed by atoms with Crippen LogP contribution in [0.4, 0.5) is 11.4 Å². The normalized spacial score (nSPS) is 22.1. The number of hydrogen-bond acceptors (Lipinski definition) is 3. The second-order valence-corrected chi connectivity index (χ2v) is 17.4. The Kier molecular flexibility index (Phi) is 6.55. The van der Waals surface area contributed by atoms with E-state index in [0.29, 0.717) is 0 Å². The van der Waals surface area contributed by atoms with Crippen molar-refractivity contribution in [3.63, 3.8) is 0 Å². The number of rotatable bonds is 3. The third-order valence-corrected chi connectivity index (χ3v) is 11.4. The minimum absolute atomic E-state index is 0.109. The fraction of sp³-hybridized carbons (Fsp3) is 0.538. The van der Waals surface area contributed by atoms with Gasteiger partial charge >= 0.3 is 7.12 Å². The summed E-state index contributed by atoms with van der Waals surface area (Å²) in [7, 11) is -0.466. The van der Waals surface area contributed by atoms with Crippen LogP contribution in [0.25, 0.3) is 11.1 Å². The molecule has 228 valence electrons. The van der Waals surface area contributed by atoms with Gasteiger partial charge in [-0.3, -0.25) is 0 Å². The van der Waals surface area contributed by atoms with Crippen LogP contribution in [0.3, 0.4) is 0 Å². The van der Waals surface area contributed by atoms with E-state index in [2.05, 4.69) is 144 Å². The summed E-state index contributed by atoms with van der Waals surface area (Å²) < 4.78 is 13.4. The van der Waals surface area contributed by atoms with Gasteiger partial charge in [0.2, 0.25) is 0 Å². The lowest BCUT2D eigenvalue weighted by Crippen LogP contribution is -2.41. The molecule has 3 aromatic rings. The molecule has 1 fully saturated rings. The average Bonchev–Trinajstić information content (AvgIpc) is 3.24. The maximum atomic E-state index is 6.68. The molecule has 0 saturated carbocycles. The molecule has 3 aliphatic rings. The molecule has 1 N–H and O–H groups in total. The number of fused-ring (bicyclic) bond motifs is 4. The number of anilines is 2. The van der Waals surface area contributed by atoms with Gasteiger partial charge in [-0.25, -0.2) is 0 Å². The highest BCUT2D eigenvalue weighted by molar-refractivity contribution is 6.64. The molecule has 0 bridgehead atoms. The van der Waals surface area contributed by atoms with Crippen LogP contribution >= 0.6 is 0 Å². The van der Waals surface area contributed by atoms with E-state index in [1.54, 1.807) is 0 Å². The summed E-state index contributed by atoms with van der Waals surface area (Å²) in [5.74, 6) is 0. The van der Waals surface area contributed by atoms with Gasteiger partial charge in [-0.1, -0.05) is 86.6 Å². The molecule has 1 saturated heterocycles. The first-order valence-corrected chi connectivity index (χ1v) is 16.3. The van der Waals surface area contributed by atoms with Gasteiger partial charge in [0.05, 0.1) is 11.2 Å². The smallest absolute Gasteiger partial charge is 0.399 e. The van der Waals surface area contributed by atoms with Crippen molar-refractivity contribution >= 4 is 24.0 Å². The van der Waals surface area contributed by atoms with Crippen molar-refractivity contribution in [1.82, 2.24) is 0 Å². The molecule has 3 nitrogen and oxygen atoms in total. The van der Waals surface area contributed by atoms with Crippen molar-refractivity contribution in [2.24, 2.45) is 0 Å². The van der Waals surface area contributed by atoms with E-state index >= 15 is 0 Å². The highest BCUT2D eigenvalue weighted by atomic mass is 16.7. The van der Waals surface area contributed by atoms with Crippen molar-refractivity contribution < 1.29 is 9.31 Å². The van der Waals surface area contributed by atoms with Crippen LogP contribution < -0.4 is 10.8 Å². The van der Waals surface area contributed by atoms with Crippen LogP contribution in [0.15, 0.2) is 48.5 Å². The van der Waals surface area contributed by atoms with E-state index in [1.165, 1.54) is 51.8 Å². The Morgan fingerprint density at radius 2 is 1.12 bits per heavy atom. The largest absolute Gasteiger partial charge is 0.497 e. The van der Waals surface area contributed by atoms with E-state index in [-0.39, 0.29) is 21.7 Å². The topological polar surface area (TPSA) is 30.5 Å². The molecule has 2 aliphatic carbocycles. The van der Waals surface area contributed by atoms with Gasteiger partial charge < -0.3 is 14.6 Å². The van der Waals surface area contributed by atoms with Gasteiger partial charge in [0.1, 0.15) is 0 Å². The second-order valence-electron chi connectivity index (χ2n) is 17.4. The molecule has 1 heterocycles. The number of nitrogens with one attached hydrogen (secondary N) is 1. The van der Waals surface area contributed by atoms with E-state index in [0.717, 1.165) is 16.8 Å². The van der Waals surface area contributed by atoms with Crippen molar-refractivity contribution in [3.05, 3.63) is 76.3 Å². The fourth-order valence-corrected chi connectivity index (χ4v) is 7.34. The van der Waals surface area contributed by atoms with E-state index in [9.17, 15) is 0 Å². The highest BCUT2D eigenvalue weighted by Gasteiger charge is 2.53.